The maximum absolute atomic E-state index is 13.1. The second-order valence-electron chi connectivity index (χ2n) is 4.17. The van der Waals surface area contributed by atoms with E-state index in [4.69, 9.17) is 0 Å². The van der Waals surface area contributed by atoms with E-state index in [9.17, 15) is 13.9 Å². The predicted molar refractivity (Wildman–Crippen MR) is 53.8 cm³/mol. The molecule has 2 rings (SSSR count). The van der Waals surface area contributed by atoms with E-state index in [0.29, 0.717) is 0 Å². The van der Waals surface area contributed by atoms with Crippen LogP contribution in [-0.4, -0.2) is 5.11 Å². The molecule has 1 aromatic carbocycles. The molecule has 15 heavy (non-hydrogen) atoms. The summed E-state index contributed by atoms with van der Waals surface area (Å²) in [5.74, 6) is -2.39. The van der Waals surface area contributed by atoms with Crippen LogP contribution in [0.4, 0.5) is 8.78 Å². The van der Waals surface area contributed by atoms with Crippen LogP contribution in [0.15, 0.2) is 12.1 Å². The molecule has 3 heteroatoms. The van der Waals surface area contributed by atoms with Gasteiger partial charge in [0, 0.05) is 0 Å². The highest BCUT2D eigenvalue weighted by molar-refractivity contribution is 5.32. The number of rotatable bonds is 1. The number of phenols is 1. The van der Waals surface area contributed by atoms with Gasteiger partial charge in [-0.15, -0.1) is 0 Å². The second kappa shape index (κ2) is 4.17. The summed E-state index contributed by atoms with van der Waals surface area (Å²) >= 11 is 0. The van der Waals surface area contributed by atoms with Gasteiger partial charge in [0.25, 0.3) is 0 Å². The first-order chi connectivity index (χ1) is 7.18. The molecule has 1 N–H and O–H groups in total. The van der Waals surface area contributed by atoms with Gasteiger partial charge in [-0.25, -0.2) is 4.39 Å². The SMILES string of the molecule is Oc1cc(C2CCCCC2)cc(F)c1F. The van der Waals surface area contributed by atoms with Gasteiger partial charge in [-0.2, -0.15) is 4.39 Å². The van der Waals surface area contributed by atoms with Crippen LogP contribution in [0.1, 0.15) is 43.6 Å². The van der Waals surface area contributed by atoms with Crippen LogP contribution in [0, 0.1) is 11.6 Å². The van der Waals surface area contributed by atoms with Crippen molar-refractivity contribution in [1.82, 2.24) is 0 Å². The molecule has 0 radical (unpaired) electrons. The first-order valence-corrected chi connectivity index (χ1v) is 5.36. The van der Waals surface area contributed by atoms with Crippen molar-refractivity contribution < 1.29 is 13.9 Å². The van der Waals surface area contributed by atoms with E-state index in [1.807, 2.05) is 0 Å². The number of halogens is 2. The normalized spacial score (nSPS) is 18.0. The van der Waals surface area contributed by atoms with E-state index in [0.717, 1.165) is 31.2 Å². The molecule has 1 fully saturated rings. The van der Waals surface area contributed by atoms with Gasteiger partial charge < -0.3 is 5.11 Å². The van der Waals surface area contributed by atoms with Crippen LogP contribution < -0.4 is 0 Å². The Labute approximate surface area is 87.7 Å². The molecule has 0 saturated heterocycles. The highest BCUT2D eigenvalue weighted by Gasteiger charge is 2.19. The van der Waals surface area contributed by atoms with Crippen LogP contribution in [0.5, 0.6) is 5.75 Å². The van der Waals surface area contributed by atoms with E-state index in [-0.39, 0.29) is 5.92 Å². The van der Waals surface area contributed by atoms with E-state index >= 15 is 0 Å². The number of benzene rings is 1. The van der Waals surface area contributed by atoms with E-state index in [1.54, 1.807) is 0 Å². The molecular weight excluding hydrogens is 198 g/mol. The predicted octanol–water partition coefficient (Wildman–Crippen LogP) is 3.72. The lowest BCUT2D eigenvalue weighted by atomic mass is 9.84. The summed E-state index contributed by atoms with van der Waals surface area (Å²) in [4.78, 5) is 0. The van der Waals surface area contributed by atoms with Crippen LogP contribution in [0.25, 0.3) is 0 Å². The molecule has 82 valence electrons. The zero-order chi connectivity index (χ0) is 10.8. The topological polar surface area (TPSA) is 20.2 Å². The third-order valence-electron chi connectivity index (χ3n) is 3.11. The Kier molecular flexibility index (Phi) is 2.89. The zero-order valence-electron chi connectivity index (χ0n) is 8.47. The lowest BCUT2D eigenvalue weighted by Crippen LogP contribution is -2.05. The molecule has 1 aliphatic carbocycles. The molecular formula is C12H14F2O. The first-order valence-electron chi connectivity index (χ1n) is 5.36. The highest BCUT2D eigenvalue weighted by Crippen LogP contribution is 2.35. The third-order valence-corrected chi connectivity index (χ3v) is 3.11. The van der Waals surface area contributed by atoms with E-state index in [1.165, 1.54) is 18.6 Å². The van der Waals surface area contributed by atoms with Gasteiger partial charge in [0.1, 0.15) is 0 Å². The van der Waals surface area contributed by atoms with Crippen molar-refractivity contribution in [3.8, 4) is 5.75 Å². The molecule has 0 spiro atoms. The fraction of sp³-hybridized carbons (Fsp3) is 0.500. The Morgan fingerprint density at radius 1 is 1.07 bits per heavy atom. The Bertz CT molecular complexity index is 334. The molecule has 0 heterocycles. The monoisotopic (exact) mass is 212 g/mol. The van der Waals surface area contributed by atoms with Gasteiger partial charge in [0.2, 0.25) is 0 Å². The number of hydrogen-bond acceptors (Lipinski definition) is 1. The van der Waals surface area contributed by atoms with Crippen molar-refractivity contribution in [1.29, 1.82) is 0 Å². The Hall–Kier alpha value is -1.12. The summed E-state index contributed by atoms with van der Waals surface area (Å²) < 4.78 is 25.9. The summed E-state index contributed by atoms with van der Waals surface area (Å²) in [6, 6.07) is 2.57. The molecule has 1 saturated carbocycles. The second-order valence-corrected chi connectivity index (χ2v) is 4.17. The van der Waals surface area contributed by atoms with Gasteiger partial charge in [0.15, 0.2) is 17.4 Å². The standard InChI is InChI=1S/C12H14F2O/c13-10-6-9(7-11(15)12(10)14)8-4-2-1-3-5-8/h6-8,15H,1-5H2. The summed E-state index contributed by atoms with van der Waals surface area (Å²) in [5.41, 5.74) is 0.728. The average molecular weight is 212 g/mol. The largest absolute Gasteiger partial charge is 0.505 e. The highest BCUT2D eigenvalue weighted by atomic mass is 19.2. The lowest BCUT2D eigenvalue weighted by molar-refractivity contribution is 0.398. The fourth-order valence-electron chi connectivity index (χ4n) is 2.27. The van der Waals surface area contributed by atoms with E-state index in [2.05, 4.69) is 0 Å². The minimum absolute atomic E-state index is 0.278. The molecule has 1 aromatic rings. The minimum atomic E-state index is -1.14. The van der Waals surface area contributed by atoms with Crippen LogP contribution in [-0.2, 0) is 0 Å². The Morgan fingerprint density at radius 3 is 2.33 bits per heavy atom. The fourth-order valence-corrected chi connectivity index (χ4v) is 2.27. The summed E-state index contributed by atoms with van der Waals surface area (Å²) in [6.07, 6.45) is 5.48. The Morgan fingerprint density at radius 2 is 1.73 bits per heavy atom. The van der Waals surface area contributed by atoms with Gasteiger partial charge >= 0.3 is 0 Å². The van der Waals surface area contributed by atoms with Crippen molar-refractivity contribution in [2.75, 3.05) is 0 Å². The first kappa shape index (κ1) is 10.4. The molecule has 0 amide bonds. The zero-order valence-corrected chi connectivity index (χ0v) is 8.47. The molecule has 0 aliphatic heterocycles. The maximum atomic E-state index is 13.1. The maximum Gasteiger partial charge on any atom is 0.200 e. The van der Waals surface area contributed by atoms with Crippen molar-refractivity contribution in [3.05, 3.63) is 29.3 Å². The van der Waals surface area contributed by atoms with Gasteiger partial charge in [-0.1, -0.05) is 19.3 Å². The quantitative estimate of drug-likeness (QED) is 0.752. The molecule has 0 unspecified atom stereocenters. The molecule has 0 atom stereocenters. The van der Waals surface area contributed by atoms with E-state index < -0.39 is 17.4 Å². The summed E-state index contributed by atoms with van der Waals surface area (Å²) in [7, 11) is 0. The molecule has 1 nitrogen and oxygen atoms in total. The molecule has 0 bridgehead atoms. The third kappa shape index (κ3) is 2.11. The smallest absolute Gasteiger partial charge is 0.200 e. The lowest BCUT2D eigenvalue weighted by Gasteiger charge is -2.22. The van der Waals surface area contributed by atoms with Crippen LogP contribution >= 0.6 is 0 Å². The number of aromatic hydroxyl groups is 1. The Balaban J connectivity index is 2.27. The van der Waals surface area contributed by atoms with Gasteiger partial charge in [0.05, 0.1) is 0 Å². The summed E-state index contributed by atoms with van der Waals surface area (Å²) in [5, 5.41) is 9.20. The average Bonchev–Trinajstić information content (AvgIpc) is 2.26. The summed E-state index contributed by atoms with van der Waals surface area (Å²) in [6.45, 7) is 0. The van der Waals surface area contributed by atoms with Gasteiger partial charge in [-0.3, -0.25) is 0 Å². The molecule has 0 aromatic heterocycles. The minimum Gasteiger partial charge on any atom is -0.505 e. The number of phenolic OH excluding ortho intramolecular Hbond substituents is 1. The van der Waals surface area contributed by atoms with Crippen LogP contribution in [0.2, 0.25) is 0 Å². The van der Waals surface area contributed by atoms with Crippen LogP contribution in [0.3, 0.4) is 0 Å². The van der Waals surface area contributed by atoms with Crippen molar-refractivity contribution in [2.45, 2.75) is 38.0 Å². The molecule has 1 aliphatic rings. The van der Waals surface area contributed by atoms with Crippen molar-refractivity contribution in [2.24, 2.45) is 0 Å². The van der Waals surface area contributed by atoms with Crippen molar-refractivity contribution >= 4 is 0 Å². The van der Waals surface area contributed by atoms with Gasteiger partial charge in [-0.05, 0) is 36.5 Å². The number of hydrogen-bond donors (Lipinski definition) is 1. The van der Waals surface area contributed by atoms with Crippen molar-refractivity contribution in [3.63, 3.8) is 0 Å².